The topological polar surface area (TPSA) is 78.8 Å². The first-order valence-electron chi connectivity index (χ1n) is 9.85. The summed E-state index contributed by atoms with van der Waals surface area (Å²) in [6.45, 7) is 4.63. The molecule has 1 amide bonds. The summed E-state index contributed by atoms with van der Waals surface area (Å²) in [5.41, 5.74) is 2.15. The number of halogens is 1. The van der Waals surface area contributed by atoms with Crippen molar-refractivity contribution in [3.05, 3.63) is 40.8 Å². The Morgan fingerprint density at radius 1 is 1.29 bits per heavy atom. The second-order valence-electron chi connectivity index (χ2n) is 7.69. The van der Waals surface area contributed by atoms with E-state index in [0.29, 0.717) is 18.8 Å². The first-order valence-corrected chi connectivity index (χ1v) is 10.2. The summed E-state index contributed by atoms with van der Waals surface area (Å²) >= 11 is 6.43. The summed E-state index contributed by atoms with van der Waals surface area (Å²) in [6.07, 6.45) is 4.25. The lowest BCUT2D eigenvalue weighted by atomic mass is 9.94. The zero-order valence-corrected chi connectivity index (χ0v) is 16.5. The molecule has 0 saturated carbocycles. The van der Waals surface area contributed by atoms with Gasteiger partial charge in [-0.05, 0) is 37.0 Å². The Hall–Kier alpha value is -2.54. The number of carbonyl (C=O) groups excluding carboxylic acids is 1. The molecule has 2 N–H and O–H groups in total. The number of aromatic nitrogens is 4. The monoisotopic (exact) mass is 398 g/mol. The van der Waals surface area contributed by atoms with Gasteiger partial charge >= 0.3 is 0 Å². The van der Waals surface area contributed by atoms with Crippen molar-refractivity contribution >= 4 is 34.4 Å². The standard InChI is InChI=1S/C20H23ClN6O/c1-2-27-17(8-13-9-22-15-5-3-4-14(21)19(13)15)24-25-20(27)26-10-12-6-7-18(28)23-16(12)11-26/h3-5,9,12,16,22H,2,6-8,10-11H2,1H3,(H,23,28). The minimum absolute atomic E-state index is 0.164. The van der Waals surface area contributed by atoms with E-state index < -0.39 is 0 Å². The molecule has 2 fully saturated rings. The summed E-state index contributed by atoms with van der Waals surface area (Å²) in [7, 11) is 0. The van der Waals surface area contributed by atoms with Gasteiger partial charge in [-0.1, -0.05) is 17.7 Å². The molecule has 2 aliphatic heterocycles. The maximum atomic E-state index is 11.7. The molecule has 2 saturated heterocycles. The lowest BCUT2D eigenvalue weighted by Crippen LogP contribution is -2.44. The van der Waals surface area contributed by atoms with E-state index in [0.717, 1.165) is 59.3 Å². The number of nitrogens with zero attached hydrogens (tertiary/aromatic N) is 4. The molecule has 8 heteroatoms. The van der Waals surface area contributed by atoms with Crippen molar-refractivity contribution in [3.63, 3.8) is 0 Å². The lowest BCUT2D eigenvalue weighted by molar-refractivity contribution is -0.123. The van der Waals surface area contributed by atoms with E-state index in [1.54, 1.807) is 0 Å². The Morgan fingerprint density at radius 3 is 3.04 bits per heavy atom. The summed E-state index contributed by atoms with van der Waals surface area (Å²) in [5.74, 6) is 2.48. The third-order valence-corrected chi connectivity index (χ3v) is 6.34. The summed E-state index contributed by atoms with van der Waals surface area (Å²) < 4.78 is 2.18. The van der Waals surface area contributed by atoms with Crippen LogP contribution in [-0.4, -0.2) is 44.8 Å². The van der Waals surface area contributed by atoms with Crippen LogP contribution in [0.3, 0.4) is 0 Å². The van der Waals surface area contributed by atoms with Gasteiger partial charge < -0.3 is 15.2 Å². The van der Waals surface area contributed by atoms with Crippen molar-refractivity contribution in [1.82, 2.24) is 25.1 Å². The van der Waals surface area contributed by atoms with Crippen LogP contribution in [0.25, 0.3) is 10.9 Å². The molecule has 3 aromatic rings. The highest BCUT2D eigenvalue weighted by molar-refractivity contribution is 6.35. The highest BCUT2D eigenvalue weighted by atomic mass is 35.5. The van der Waals surface area contributed by atoms with E-state index in [1.807, 2.05) is 24.4 Å². The summed E-state index contributed by atoms with van der Waals surface area (Å²) in [5, 5.41) is 13.9. The molecule has 146 valence electrons. The minimum atomic E-state index is 0.164. The van der Waals surface area contributed by atoms with Crippen LogP contribution >= 0.6 is 11.6 Å². The Morgan fingerprint density at radius 2 is 2.18 bits per heavy atom. The summed E-state index contributed by atoms with van der Waals surface area (Å²) in [6, 6.07) is 6.11. The number of nitrogens with one attached hydrogen (secondary N) is 2. The predicted octanol–water partition coefficient (Wildman–Crippen LogP) is 2.74. The molecule has 28 heavy (non-hydrogen) atoms. The highest BCUT2D eigenvalue weighted by Crippen LogP contribution is 2.31. The molecular formula is C20H23ClN6O. The SMILES string of the molecule is CCn1c(Cc2c[nH]c3cccc(Cl)c23)nnc1N1CC2CCC(=O)NC2C1. The van der Waals surface area contributed by atoms with Gasteiger partial charge in [0.25, 0.3) is 0 Å². The second-order valence-corrected chi connectivity index (χ2v) is 8.10. The molecule has 0 spiro atoms. The van der Waals surface area contributed by atoms with Gasteiger partial charge in [0, 0.05) is 49.6 Å². The zero-order chi connectivity index (χ0) is 19.3. The van der Waals surface area contributed by atoms with Crippen molar-refractivity contribution < 1.29 is 4.79 Å². The van der Waals surface area contributed by atoms with Crippen molar-refractivity contribution in [3.8, 4) is 0 Å². The van der Waals surface area contributed by atoms with Gasteiger partial charge in [0.15, 0.2) is 0 Å². The number of piperidine rings is 1. The molecule has 0 aliphatic carbocycles. The van der Waals surface area contributed by atoms with Crippen molar-refractivity contribution in [2.24, 2.45) is 5.92 Å². The summed E-state index contributed by atoms with van der Waals surface area (Å²) in [4.78, 5) is 17.3. The van der Waals surface area contributed by atoms with E-state index in [-0.39, 0.29) is 11.9 Å². The number of rotatable bonds is 4. The molecule has 2 aliphatic rings. The fourth-order valence-corrected chi connectivity index (χ4v) is 4.91. The maximum Gasteiger partial charge on any atom is 0.227 e. The number of H-pyrrole nitrogens is 1. The highest BCUT2D eigenvalue weighted by Gasteiger charge is 2.38. The first kappa shape index (κ1) is 17.6. The first-order chi connectivity index (χ1) is 13.6. The molecule has 1 aromatic carbocycles. The van der Waals surface area contributed by atoms with Crippen molar-refractivity contribution in [2.45, 2.75) is 38.8 Å². The predicted molar refractivity (Wildman–Crippen MR) is 109 cm³/mol. The van der Waals surface area contributed by atoms with Crippen LogP contribution < -0.4 is 10.2 Å². The molecule has 7 nitrogen and oxygen atoms in total. The maximum absolute atomic E-state index is 11.7. The van der Waals surface area contributed by atoms with Gasteiger partial charge in [-0.25, -0.2) is 0 Å². The Labute approximate surface area is 168 Å². The van der Waals surface area contributed by atoms with Gasteiger partial charge in [0.2, 0.25) is 11.9 Å². The zero-order valence-electron chi connectivity index (χ0n) is 15.8. The molecule has 5 rings (SSSR count). The van der Waals surface area contributed by atoms with E-state index in [9.17, 15) is 4.79 Å². The Balaban J connectivity index is 1.43. The molecular weight excluding hydrogens is 376 g/mol. The van der Waals surface area contributed by atoms with E-state index in [1.165, 1.54) is 0 Å². The number of aromatic amines is 1. The van der Waals surface area contributed by atoms with Gasteiger partial charge in [-0.3, -0.25) is 9.36 Å². The van der Waals surface area contributed by atoms with Crippen LogP contribution in [0.4, 0.5) is 5.95 Å². The van der Waals surface area contributed by atoms with Gasteiger partial charge in [0.1, 0.15) is 5.82 Å². The van der Waals surface area contributed by atoms with Crippen LogP contribution in [-0.2, 0) is 17.8 Å². The number of carbonyl (C=O) groups is 1. The number of amides is 1. The third-order valence-electron chi connectivity index (χ3n) is 6.02. The van der Waals surface area contributed by atoms with Crippen molar-refractivity contribution in [1.29, 1.82) is 0 Å². The molecule has 0 bridgehead atoms. The van der Waals surface area contributed by atoms with Crippen molar-refractivity contribution in [2.75, 3.05) is 18.0 Å². The average Bonchev–Trinajstić information content (AvgIpc) is 3.38. The van der Waals surface area contributed by atoms with Crippen LogP contribution in [0.2, 0.25) is 5.02 Å². The van der Waals surface area contributed by atoms with Crippen LogP contribution in [0.15, 0.2) is 24.4 Å². The number of anilines is 1. The largest absolute Gasteiger partial charge is 0.361 e. The fourth-order valence-electron chi connectivity index (χ4n) is 4.62. The van der Waals surface area contributed by atoms with Gasteiger partial charge in [0.05, 0.1) is 11.1 Å². The molecule has 0 radical (unpaired) electrons. The number of fused-ring (bicyclic) bond motifs is 2. The number of hydrogen-bond donors (Lipinski definition) is 2. The second kappa shape index (κ2) is 6.81. The van der Waals surface area contributed by atoms with Crippen LogP contribution in [0.1, 0.15) is 31.2 Å². The smallest absolute Gasteiger partial charge is 0.227 e. The third kappa shape index (κ3) is 2.85. The average molecular weight is 399 g/mol. The lowest BCUT2D eigenvalue weighted by Gasteiger charge is -2.24. The van der Waals surface area contributed by atoms with E-state index >= 15 is 0 Å². The normalized spacial score (nSPS) is 21.9. The number of hydrogen-bond acceptors (Lipinski definition) is 4. The molecule has 4 heterocycles. The van der Waals surface area contributed by atoms with Gasteiger partial charge in [-0.2, -0.15) is 0 Å². The Kier molecular flexibility index (Phi) is 4.27. The van der Waals surface area contributed by atoms with Crippen LogP contribution in [0.5, 0.6) is 0 Å². The quantitative estimate of drug-likeness (QED) is 0.708. The minimum Gasteiger partial charge on any atom is -0.361 e. The molecule has 2 aromatic heterocycles. The number of benzene rings is 1. The molecule has 2 unspecified atom stereocenters. The fraction of sp³-hybridized carbons (Fsp3) is 0.450. The van der Waals surface area contributed by atoms with E-state index in [4.69, 9.17) is 11.6 Å². The van der Waals surface area contributed by atoms with E-state index in [2.05, 4.69) is 36.9 Å². The van der Waals surface area contributed by atoms with Crippen LogP contribution in [0, 0.1) is 5.92 Å². The Bertz CT molecular complexity index is 1040. The molecule has 2 atom stereocenters. The van der Waals surface area contributed by atoms with Gasteiger partial charge in [-0.15, -0.1) is 10.2 Å².